The summed E-state index contributed by atoms with van der Waals surface area (Å²) in [5, 5.41) is 7.35. The van der Waals surface area contributed by atoms with Gasteiger partial charge in [-0.1, -0.05) is 17.3 Å². The molecule has 0 aliphatic carbocycles. The second-order valence-electron chi connectivity index (χ2n) is 10.6. The fraction of sp³-hybridized carbons (Fsp3) is 0.0571. The summed E-state index contributed by atoms with van der Waals surface area (Å²) in [5.74, 6) is 0.682. The van der Waals surface area contributed by atoms with Crippen LogP contribution in [0.4, 0.5) is 15.8 Å². The van der Waals surface area contributed by atoms with E-state index in [0.717, 1.165) is 5.56 Å². The van der Waals surface area contributed by atoms with Crippen LogP contribution in [0.3, 0.4) is 0 Å². The molecule has 4 aromatic heterocycles. The Labute approximate surface area is 266 Å². The lowest BCUT2D eigenvalue weighted by atomic mass is 9.98. The van der Waals surface area contributed by atoms with E-state index in [1.165, 1.54) is 47.4 Å². The maximum Gasteiger partial charge on any atom is 0.267 e. The van der Waals surface area contributed by atoms with Gasteiger partial charge in [-0.25, -0.2) is 14.4 Å². The quantitative estimate of drug-likeness (QED) is 0.176. The number of rotatable bonds is 7. The molecule has 0 aliphatic heterocycles. The first kappa shape index (κ1) is 29.2. The lowest BCUT2D eigenvalue weighted by molar-refractivity contribution is 0.102. The number of nitrogens with zero attached hydrogens (tertiary/aromatic N) is 4. The van der Waals surface area contributed by atoms with Crippen molar-refractivity contribution >= 4 is 28.4 Å². The molecular formula is C35H25FN6O5. The number of furan rings is 1. The molecule has 7 aromatic rings. The number of hydrogen-bond donors (Lipinski definition) is 2. The molecule has 3 aromatic carbocycles. The van der Waals surface area contributed by atoms with Crippen LogP contribution in [-0.2, 0) is 0 Å². The second kappa shape index (κ2) is 11.7. The summed E-state index contributed by atoms with van der Waals surface area (Å²) in [5.41, 5.74) is 9.99. The first-order valence-electron chi connectivity index (χ1n) is 14.4. The van der Waals surface area contributed by atoms with Gasteiger partial charge in [-0.15, -0.1) is 0 Å². The van der Waals surface area contributed by atoms with Crippen molar-refractivity contribution in [3.05, 3.63) is 131 Å². The molecule has 12 heteroatoms. The van der Waals surface area contributed by atoms with Crippen LogP contribution in [0.1, 0.15) is 21.8 Å². The number of nitrogens with two attached hydrogens (primary N) is 1. The van der Waals surface area contributed by atoms with E-state index in [2.05, 4.69) is 20.4 Å². The van der Waals surface area contributed by atoms with E-state index in [0.29, 0.717) is 62.3 Å². The van der Waals surface area contributed by atoms with Gasteiger partial charge in [-0.3, -0.25) is 14.2 Å². The highest BCUT2D eigenvalue weighted by molar-refractivity contribution is 6.05. The van der Waals surface area contributed by atoms with E-state index >= 15 is 0 Å². The zero-order chi connectivity index (χ0) is 32.7. The molecule has 7 rings (SSSR count). The van der Waals surface area contributed by atoms with E-state index in [1.54, 1.807) is 43.3 Å². The van der Waals surface area contributed by atoms with Crippen molar-refractivity contribution < 1.29 is 22.9 Å². The van der Waals surface area contributed by atoms with Crippen LogP contribution in [0.15, 0.2) is 111 Å². The number of carbonyl (C=O) groups is 1. The third-order valence-corrected chi connectivity index (χ3v) is 7.51. The van der Waals surface area contributed by atoms with Gasteiger partial charge in [0.05, 0.1) is 11.3 Å². The number of benzene rings is 3. The minimum atomic E-state index is -0.602. The minimum absolute atomic E-state index is 0.0799. The molecule has 3 N–H and O–H groups in total. The van der Waals surface area contributed by atoms with Gasteiger partial charge in [-0.2, -0.15) is 0 Å². The van der Waals surface area contributed by atoms with E-state index in [1.807, 2.05) is 25.1 Å². The molecule has 0 fully saturated rings. The molecule has 0 radical (unpaired) electrons. The molecule has 0 bridgehead atoms. The van der Waals surface area contributed by atoms with Crippen molar-refractivity contribution in [3.8, 4) is 39.8 Å². The Balaban J connectivity index is 1.19. The molecule has 0 saturated heterocycles. The smallest absolute Gasteiger partial charge is 0.267 e. The zero-order valence-corrected chi connectivity index (χ0v) is 25.0. The average Bonchev–Trinajstić information content (AvgIpc) is 3.61. The van der Waals surface area contributed by atoms with Crippen molar-refractivity contribution in [3.63, 3.8) is 0 Å². The number of halogens is 1. The van der Waals surface area contributed by atoms with Gasteiger partial charge >= 0.3 is 0 Å². The van der Waals surface area contributed by atoms with E-state index in [9.17, 15) is 14.0 Å². The van der Waals surface area contributed by atoms with Gasteiger partial charge in [0.15, 0.2) is 5.76 Å². The Kier molecular flexibility index (Phi) is 7.29. The predicted molar refractivity (Wildman–Crippen MR) is 173 cm³/mol. The molecule has 232 valence electrons. The Morgan fingerprint density at radius 2 is 1.74 bits per heavy atom. The molecule has 4 heterocycles. The van der Waals surface area contributed by atoms with Crippen LogP contribution >= 0.6 is 0 Å². The first-order chi connectivity index (χ1) is 22.8. The van der Waals surface area contributed by atoms with Crippen LogP contribution in [0, 0.1) is 19.7 Å². The highest BCUT2D eigenvalue weighted by Gasteiger charge is 2.27. The summed E-state index contributed by atoms with van der Waals surface area (Å²) in [6.45, 7) is 3.62. The number of aromatic nitrogens is 4. The Hall–Kier alpha value is -6.56. The van der Waals surface area contributed by atoms with E-state index < -0.39 is 17.3 Å². The summed E-state index contributed by atoms with van der Waals surface area (Å²) in [6.07, 6.45) is 2.85. The topological polar surface area (TPSA) is 151 Å². The number of carbonyl (C=O) groups excluding carboxylic acids is 1. The number of fused-ring (bicyclic) bond motifs is 1. The van der Waals surface area contributed by atoms with Crippen molar-refractivity contribution in [1.82, 2.24) is 19.7 Å². The highest BCUT2D eigenvalue weighted by atomic mass is 19.1. The zero-order valence-electron chi connectivity index (χ0n) is 25.0. The third kappa shape index (κ3) is 5.48. The molecule has 1 amide bonds. The number of amides is 1. The van der Waals surface area contributed by atoms with Crippen LogP contribution in [0.2, 0.25) is 0 Å². The van der Waals surface area contributed by atoms with Crippen LogP contribution in [-0.4, -0.2) is 25.6 Å². The molecule has 0 aliphatic rings. The summed E-state index contributed by atoms with van der Waals surface area (Å²) >= 11 is 0. The van der Waals surface area contributed by atoms with E-state index in [-0.39, 0.29) is 11.4 Å². The van der Waals surface area contributed by atoms with Crippen LogP contribution in [0.5, 0.6) is 11.6 Å². The number of pyridine rings is 1. The molecule has 0 saturated carbocycles. The van der Waals surface area contributed by atoms with E-state index in [4.69, 9.17) is 19.4 Å². The predicted octanol–water partition coefficient (Wildman–Crippen LogP) is 7.08. The Bertz CT molecular complexity index is 2320. The maximum absolute atomic E-state index is 13.4. The summed E-state index contributed by atoms with van der Waals surface area (Å²) < 4.78 is 32.6. The molecule has 0 unspecified atom stereocenters. The second-order valence-corrected chi connectivity index (χ2v) is 10.6. The SMILES string of the molecule is Cc1noc(C)c1-c1oc2ncnc(Oc3ccc(NC(=O)c4cccn(-c5ccc(F)cc5)c4=O)cc3)c2c1-c1cccc(N)c1. The number of hydrogen-bond acceptors (Lipinski definition) is 9. The van der Waals surface area contributed by atoms with Crippen molar-refractivity contribution in [2.24, 2.45) is 0 Å². The first-order valence-corrected chi connectivity index (χ1v) is 14.4. The van der Waals surface area contributed by atoms with Crippen molar-refractivity contribution in [1.29, 1.82) is 0 Å². The maximum atomic E-state index is 13.4. The molecule has 0 atom stereocenters. The average molecular weight is 629 g/mol. The largest absolute Gasteiger partial charge is 0.438 e. The van der Waals surface area contributed by atoms with Gasteiger partial charge < -0.3 is 24.7 Å². The molecule has 47 heavy (non-hydrogen) atoms. The fourth-order valence-electron chi connectivity index (χ4n) is 5.33. The number of anilines is 2. The van der Waals surface area contributed by atoms with Gasteiger partial charge in [0.1, 0.15) is 34.6 Å². The van der Waals surface area contributed by atoms with Crippen molar-refractivity contribution in [2.75, 3.05) is 11.1 Å². The summed E-state index contributed by atoms with van der Waals surface area (Å²) in [6, 6.07) is 22.3. The van der Waals surface area contributed by atoms with Gasteiger partial charge in [0.2, 0.25) is 11.6 Å². The lowest BCUT2D eigenvalue weighted by Crippen LogP contribution is -2.27. The number of aryl methyl sites for hydroxylation is 2. The standard InChI is InChI=1S/C35H25FN6O5/c1-19-28(20(2)47-41-19)31-29(21-5-3-6-23(37)17-21)30-33(38-18-39-34(30)46-31)45-26-14-10-24(11-15-26)40-32(43)27-7-4-16-42(35(27)44)25-12-8-22(36)9-13-25/h3-18H,37H2,1-2H3,(H,40,43). The van der Waals surface area contributed by atoms with Crippen LogP contribution in [0.25, 0.3) is 39.2 Å². The fourth-order valence-corrected chi connectivity index (χ4v) is 5.33. The van der Waals surface area contributed by atoms with Crippen LogP contribution < -0.4 is 21.3 Å². The number of ether oxygens (including phenoxy) is 1. The van der Waals surface area contributed by atoms with Crippen molar-refractivity contribution in [2.45, 2.75) is 13.8 Å². The lowest BCUT2D eigenvalue weighted by Gasteiger charge is -2.10. The minimum Gasteiger partial charge on any atom is -0.438 e. The number of nitrogen functional groups attached to an aromatic ring is 1. The highest BCUT2D eigenvalue weighted by Crippen LogP contribution is 2.46. The Morgan fingerprint density at radius 3 is 2.47 bits per heavy atom. The van der Waals surface area contributed by atoms with Gasteiger partial charge in [0.25, 0.3) is 11.5 Å². The van der Waals surface area contributed by atoms with Gasteiger partial charge in [-0.05, 0) is 92.2 Å². The molecule has 11 nitrogen and oxygen atoms in total. The third-order valence-electron chi connectivity index (χ3n) is 7.51. The summed E-state index contributed by atoms with van der Waals surface area (Å²) in [7, 11) is 0. The van der Waals surface area contributed by atoms with Gasteiger partial charge in [0, 0.05) is 28.8 Å². The monoisotopic (exact) mass is 628 g/mol. The summed E-state index contributed by atoms with van der Waals surface area (Å²) in [4.78, 5) is 34.9. The molecular weight excluding hydrogens is 603 g/mol. The normalized spacial score (nSPS) is 11.1. The number of nitrogens with one attached hydrogen (secondary N) is 1. The Morgan fingerprint density at radius 1 is 0.957 bits per heavy atom. The molecule has 0 spiro atoms.